The zero-order chi connectivity index (χ0) is 14.8. The van der Waals surface area contributed by atoms with Crippen molar-refractivity contribution in [1.82, 2.24) is 4.31 Å². The minimum atomic E-state index is -3.25. The summed E-state index contributed by atoms with van der Waals surface area (Å²) in [4.78, 5) is 0. The molecule has 0 spiro atoms. The van der Waals surface area contributed by atoms with Crippen LogP contribution in [0.1, 0.15) is 37.8 Å². The fraction of sp³-hybridized carbons (Fsp3) is 0.600. The minimum absolute atomic E-state index is 0.0643. The summed E-state index contributed by atoms with van der Waals surface area (Å²) < 4.78 is 26.9. The zero-order valence-corrected chi connectivity index (χ0v) is 13.6. The summed E-state index contributed by atoms with van der Waals surface area (Å²) in [6.45, 7) is 4.75. The molecule has 3 nitrogen and oxygen atoms in total. The van der Waals surface area contributed by atoms with Gasteiger partial charge in [-0.3, -0.25) is 0 Å². The predicted octanol–water partition coefficient (Wildman–Crippen LogP) is 3.38. The van der Waals surface area contributed by atoms with Crippen LogP contribution in [-0.4, -0.2) is 25.3 Å². The smallest absolute Gasteiger partial charge is 0.212 e. The molecular weight excluding hydrogens is 294 g/mol. The molecule has 1 aliphatic heterocycles. The van der Waals surface area contributed by atoms with Crippen molar-refractivity contribution < 1.29 is 8.42 Å². The molecule has 1 fully saturated rings. The van der Waals surface area contributed by atoms with E-state index in [1.165, 1.54) is 0 Å². The van der Waals surface area contributed by atoms with Gasteiger partial charge >= 0.3 is 0 Å². The molecule has 5 heteroatoms. The van der Waals surface area contributed by atoms with Crippen molar-refractivity contribution in [2.45, 2.75) is 44.4 Å². The first-order valence-corrected chi connectivity index (χ1v) is 9.20. The summed E-state index contributed by atoms with van der Waals surface area (Å²) in [7, 11) is -3.25. The third-order valence-electron chi connectivity index (χ3n) is 3.91. The Bertz CT molecular complexity index is 559. The van der Waals surface area contributed by atoms with Crippen LogP contribution in [0.25, 0.3) is 0 Å². The monoisotopic (exact) mass is 315 g/mol. The number of hydrogen-bond acceptors (Lipinski definition) is 2. The quantitative estimate of drug-likeness (QED) is 0.799. The lowest BCUT2D eigenvalue weighted by atomic mass is 9.97. The Balaban J connectivity index is 2.17. The number of benzene rings is 1. The average molecular weight is 316 g/mol. The molecule has 1 saturated heterocycles. The normalized spacial score (nSPS) is 24.8. The highest BCUT2D eigenvalue weighted by Gasteiger charge is 2.32. The molecule has 2 unspecified atom stereocenters. The van der Waals surface area contributed by atoms with Gasteiger partial charge in [0.15, 0.2) is 0 Å². The summed E-state index contributed by atoms with van der Waals surface area (Å²) in [5.74, 6) is 0.912. The Kier molecular flexibility index (Phi) is 5.10. The van der Waals surface area contributed by atoms with Gasteiger partial charge in [-0.2, -0.15) is 4.31 Å². The van der Waals surface area contributed by atoms with Crippen LogP contribution in [0.5, 0.6) is 0 Å². The molecule has 1 heterocycles. The topological polar surface area (TPSA) is 37.4 Å². The second kappa shape index (κ2) is 6.46. The van der Waals surface area contributed by atoms with Gasteiger partial charge in [-0.1, -0.05) is 31.2 Å². The van der Waals surface area contributed by atoms with Gasteiger partial charge in [0.05, 0.1) is 5.75 Å². The lowest BCUT2D eigenvalue weighted by molar-refractivity contribution is 0.217. The van der Waals surface area contributed by atoms with Crippen molar-refractivity contribution >= 4 is 21.6 Å². The number of alkyl halides is 1. The van der Waals surface area contributed by atoms with E-state index in [1.54, 1.807) is 4.31 Å². The van der Waals surface area contributed by atoms with Gasteiger partial charge in [-0.05, 0) is 36.8 Å². The van der Waals surface area contributed by atoms with E-state index in [-0.39, 0.29) is 11.8 Å². The Morgan fingerprint density at radius 1 is 1.25 bits per heavy atom. The van der Waals surface area contributed by atoms with Crippen molar-refractivity contribution in [2.75, 3.05) is 6.54 Å². The number of halogens is 1. The number of sulfonamides is 1. The fourth-order valence-electron chi connectivity index (χ4n) is 2.73. The third kappa shape index (κ3) is 3.74. The first-order valence-electron chi connectivity index (χ1n) is 7.05. The van der Waals surface area contributed by atoms with E-state index in [2.05, 4.69) is 6.92 Å². The van der Waals surface area contributed by atoms with Crippen LogP contribution < -0.4 is 0 Å². The molecule has 1 aliphatic rings. The van der Waals surface area contributed by atoms with Gasteiger partial charge in [0.2, 0.25) is 10.0 Å². The molecule has 0 bridgehead atoms. The van der Waals surface area contributed by atoms with Gasteiger partial charge in [0, 0.05) is 18.5 Å². The number of hydrogen-bond donors (Lipinski definition) is 0. The maximum Gasteiger partial charge on any atom is 0.218 e. The van der Waals surface area contributed by atoms with Gasteiger partial charge in [0.25, 0.3) is 0 Å². The standard InChI is InChI=1S/C15H22ClNO2S/c1-12-6-7-13(2)17(10-12)20(18,19)11-15-5-3-4-14(8-15)9-16/h3-5,8,12-13H,6-7,9-11H2,1-2H3. The molecule has 0 N–H and O–H groups in total. The number of rotatable bonds is 4. The second-order valence-electron chi connectivity index (χ2n) is 5.81. The molecular formula is C15H22ClNO2S. The van der Waals surface area contributed by atoms with Crippen LogP contribution in [0, 0.1) is 5.92 Å². The van der Waals surface area contributed by atoms with Crippen LogP contribution in [0.2, 0.25) is 0 Å². The van der Waals surface area contributed by atoms with Crippen LogP contribution in [0.15, 0.2) is 24.3 Å². The molecule has 0 amide bonds. The highest BCUT2D eigenvalue weighted by Crippen LogP contribution is 2.26. The number of piperidine rings is 1. The molecule has 2 atom stereocenters. The molecule has 20 heavy (non-hydrogen) atoms. The minimum Gasteiger partial charge on any atom is -0.212 e. The maximum atomic E-state index is 12.6. The summed E-state index contributed by atoms with van der Waals surface area (Å²) in [5, 5.41) is 0. The van der Waals surface area contributed by atoms with E-state index in [0.717, 1.165) is 24.0 Å². The van der Waals surface area contributed by atoms with Crippen LogP contribution in [-0.2, 0) is 21.7 Å². The van der Waals surface area contributed by atoms with E-state index >= 15 is 0 Å². The van der Waals surface area contributed by atoms with Crippen molar-refractivity contribution in [1.29, 1.82) is 0 Å². The van der Waals surface area contributed by atoms with Crippen LogP contribution >= 0.6 is 11.6 Å². The summed E-state index contributed by atoms with van der Waals surface area (Å²) in [5.41, 5.74) is 1.77. The SMILES string of the molecule is CC1CCC(C)N(S(=O)(=O)Cc2cccc(CCl)c2)C1. The molecule has 0 aliphatic carbocycles. The van der Waals surface area contributed by atoms with Crippen molar-refractivity contribution in [3.8, 4) is 0 Å². The molecule has 0 radical (unpaired) electrons. The van der Waals surface area contributed by atoms with E-state index in [0.29, 0.717) is 18.3 Å². The Hall–Kier alpha value is -0.580. The summed E-state index contributed by atoms with van der Waals surface area (Å²) in [6.07, 6.45) is 2.05. The Morgan fingerprint density at radius 3 is 2.65 bits per heavy atom. The maximum absolute atomic E-state index is 12.6. The van der Waals surface area contributed by atoms with Crippen LogP contribution in [0.4, 0.5) is 0 Å². The molecule has 0 saturated carbocycles. The zero-order valence-electron chi connectivity index (χ0n) is 12.0. The second-order valence-corrected chi connectivity index (χ2v) is 8.00. The first-order chi connectivity index (χ1) is 9.42. The van der Waals surface area contributed by atoms with Crippen LogP contribution in [0.3, 0.4) is 0 Å². The lowest BCUT2D eigenvalue weighted by Crippen LogP contribution is -2.45. The van der Waals surface area contributed by atoms with E-state index < -0.39 is 10.0 Å². The van der Waals surface area contributed by atoms with Crippen molar-refractivity contribution in [3.63, 3.8) is 0 Å². The first kappa shape index (κ1) is 15.8. The van der Waals surface area contributed by atoms with Gasteiger partial charge in [-0.25, -0.2) is 8.42 Å². The molecule has 1 aromatic rings. The highest BCUT2D eigenvalue weighted by molar-refractivity contribution is 7.88. The fourth-order valence-corrected chi connectivity index (χ4v) is 4.80. The van der Waals surface area contributed by atoms with Crippen molar-refractivity contribution in [3.05, 3.63) is 35.4 Å². The Labute approximate surface area is 127 Å². The van der Waals surface area contributed by atoms with Gasteiger partial charge in [-0.15, -0.1) is 11.6 Å². The summed E-state index contributed by atoms with van der Waals surface area (Å²) in [6, 6.07) is 7.61. The van der Waals surface area contributed by atoms with Crippen molar-refractivity contribution in [2.24, 2.45) is 5.92 Å². The van der Waals surface area contributed by atoms with Gasteiger partial charge < -0.3 is 0 Å². The molecule has 2 rings (SSSR count). The largest absolute Gasteiger partial charge is 0.218 e. The molecule has 0 aromatic heterocycles. The van der Waals surface area contributed by atoms with E-state index in [4.69, 9.17) is 11.6 Å². The van der Waals surface area contributed by atoms with Gasteiger partial charge in [0.1, 0.15) is 0 Å². The predicted molar refractivity (Wildman–Crippen MR) is 83.2 cm³/mol. The third-order valence-corrected chi connectivity index (χ3v) is 6.14. The highest BCUT2D eigenvalue weighted by atomic mass is 35.5. The lowest BCUT2D eigenvalue weighted by Gasteiger charge is -2.35. The summed E-state index contributed by atoms with van der Waals surface area (Å²) >= 11 is 5.80. The molecule has 1 aromatic carbocycles. The Morgan fingerprint density at radius 2 is 1.95 bits per heavy atom. The van der Waals surface area contributed by atoms with E-state index in [9.17, 15) is 8.42 Å². The molecule has 112 valence electrons. The average Bonchev–Trinajstić information content (AvgIpc) is 2.41. The number of nitrogens with zero attached hydrogens (tertiary/aromatic N) is 1. The van der Waals surface area contributed by atoms with E-state index in [1.807, 2.05) is 31.2 Å².